The molecule has 4 rings (SSSR count). The number of anilines is 1. The molecule has 0 unspecified atom stereocenters. The third kappa shape index (κ3) is 4.01. The molecule has 1 aromatic carbocycles. The Balaban J connectivity index is 1.66. The number of benzene rings is 1. The predicted molar refractivity (Wildman–Crippen MR) is 113 cm³/mol. The van der Waals surface area contributed by atoms with Gasteiger partial charge in [-0.15, -0.1) is 0 Å². The Morgan fingerprint density at radius 1 is 1.10 bits per heavy atom. The van der Waals surface area contributed by atoms with E-state index in [2.05, 4.69) is 20.3 Å². The summed E-state index contributed by atoms with van der Waals surface area (Å²) in [5, 5.41) is 4.36. The van der Waals surface area contributed by atoms with Crippen molar-refractivity contribution in [2.45, 2.75) is 6.54 Å². The van der Waals surface area contributed by atoms with Crippen molar-refractivity contribution >= 4 is 40.2 Å². The minimum Gasteiger partial charge on any atom is -0.448 e. The number of fused-ring (bicyclic) bond motifs is 1. The highest BCUT2D eigenvalue weighted by Crippen LogP contribution is 2.35. The molecule has 7 nitrogen and oxygen atoms in total. The van der Waals surface area contributed by atoms with Crippen LogP contribution in [0.3, 0.4) is 0 Å². The van der Waals surface area contributed by atoms with Gasteiger partial charge in [0.15, 0.2) is 11.5 Å². The number of hydrogen-bond donors (Lipinski definition) is 1. The zero-order chi connectivity index (χ0) is 20.4. The topological polar surface area (TPSA) is 81.9 Å². The molecule has 29 heavy (non-hydrogen) atoms. The molecular formula is C20H15Cl2N5O2. The Kier molecular flexibility index (Phi) is 5.33. The van der Waals surface area contributed by atoms with Crippen LogP contribution in [0.15, 0.2) is 59.7 Å². The van der Waals surface area contributed by atoms with Crippen molar-refractivity contribution in [2.75, 3.05) is 5.32 Å². The van der Waals surface area contributed by atoms with Crippen LogP contribution < -0.4 is 15.6 Å². The Morgan fingerprint density at radius 3 is 2.62 bits per heavy atom. The fourth-order valence-electron chi connectivity index (χ4n) is 2.74. The lowest BCUT2D eigenvalue weighted by molar-refractivity contribution is 0.472. The highest BCUT2D eigenvalue weighted by Gasteiger charge is 2.14. The Hall–Kier alpha value is -3.16. The Bertz CT molecular complexity index is 1220. The summed E-state index contributed by atoms with van der Waals surface area (Å²) >= 11 is 12.3. The number of pyridine rings is 2. The molecule has 0 radical (unpaired) electrons. The maximum Gasteiger partial charge on any atom is 0.294 e. The maximum absolute atomic E-state index is 12.8. The van der Waals surface area contributed by atoms with Gasteiger partial charge in [0.05, 0.1) is 22.3 Å². The van der Waals surface area contributed by atoms with Crippen LogP contribution in [0.2, 0.25) is 10.0 Å². The van der Waals surface area contributed by atoms with Crippen LogP contribution in [0.1, 0.15) is 5.69 Å². The molecule has 0 saturated carbocycles. The van der Waals surface area contributed by atoms with Crippen LogP contribution in [-0.2, 0) is 13.6 Å². The fraction of sp³-hybridized carbons (Fsp3) is 0.100. The van der Waals surface area contributed by atoms with Gasteiger partial charge in [0, 0.05) is 24.8 Å². The van der Waals surface area contributed by atoms with Crippen molar-refractivity contribution in [3.63, 3.8) is 0 Å². The molecule has 0 atom stereocenters. The molecule has 0 saturated heterocycles. The summed E-state index contributed by atoms with van der Waals surface area (Å²) in [4.78, 5) is 25.7. The molecule has 4 aromatic rings. The van der Waals surface area contributed by atoms with Gasteiger partial charge in [-0.25, -0.2) is 4.98 Å². The Morgan fingerprint density at radius 2 is 1.90 bits per heavy atom. The van der Waals surface area contributed by atoms with Crippen LogP contribution in [0, 0.1) is 0 Å². The smallest absolute Gasteiger partial charge is 0.294 e. The van der Waals surface area contributed by atoms with Gasteiger partial charge in [-0.3, -0.25) is 14.3 Å². The van der Waals surface area contributed by atoms with Gasteiger partial charge in [0.25, 0.3) is 5.56 Å². The monoisotopic (exact) mass is 427 g/mol. The predicted octanol–water partition coefficient (Wildman–Crippen LogP) is 4.43. The lowest BCUT2D eigenvalue weighted by Gasteiger charge is -2.12. The SMILES string of the molecule is Cn1c(=O)c(Oc2c(Cl)cccc2Cl)cc2cnc(NCc3ccccn3)nc21. The first-order valence-corrected chi connectivity index (χ1v) is 9.41. The number of rotatable bonds is 5. The third-order valence-electron chi connectivity index (χ3n) is 4.20. The molecule has 9 heteroatoms. The summed E-state index contributed by atoms with van der Waals surface area (Å²) in [6, 6.07) is 12.2. The molecule has 0 amide bonds. The summed E-state index contributed by atoms with van der Waals surface area (Å²) in [6.07, 6.45) is 3.33. The van der Waals surface area contributed by atoms with E-state index in [0.717, 1.165) is 5.69 Å². The minimum absolute atomic E-state index is 0.0767. The lowest BCUT2D eigenvalue weighted by atomic mass is 10.3. The summed E-state index contributed by atoms with van der Waals surface area (Å²) < 4.78 is 7.11. The lowest BCUT2D eigenvalue weighted by Crippen LogP contribution is -2.20. The number of ether oxygens (including phenoxy) is 1. The highest BCUT2D eigenvalue weighted by atomic mass is 35.5. The number of aromatic nitrogens is 4. The molecule has 0 aliphatic heterocycles. The molecule has 3 heterocycles. The van der Waals surface area contributed by atoms with Gasteiger partial charge in [-0.1, -0.05) is 35.3 Å². The first-order chi connectivity index (χ1) is 14.0. The zero-order valence-corrected chi connectivity index (χ0v) is 16.8. The van der Waals surface area contributed by atoms with Crippen LogP contribution in [-0.4, -0.2) is 19.5 Å². The summed E-state index contributed by atoms with van der Waals surface area (Å²) in [5.74, 6) is 0.690. The summed E-state index contributed by atoms with van der Waals surface area (Å²) in [6.45, 7) is 0.465. The van der Waals surface area contributed by atoms with E-state index >= 15 is 0 Å². The molecule has 0 spiro atoms. The average molecular weight is 428 g/mol. The van der Waals surface area contributed by atoms with Gasteiger partial charge in [0.1, 0.15) is 5.65 Å². The van der Waals surface area contributed by atoms with E-state index in [-0.39, 0.29) is 17.1 Å². The standard InChI is InChI=1S/C20H15Cl2N5O2/c1-27-18-12(10-24-20(26-18)25-11-13-5-2-3-8-23-13)9-16(19(27)28)29-17-14(21)6-4-7-15(17)22/h2-10H,11H2,1H3,(H,24,25,26). The van der Waals surface area contributed by atoms with E-state index in [1.165, 1.54) is 4.57 Å². The van der Waals surface area contributed by atoms with E-state index in [0.29, 0.717) is 33.6 Å². The van der Waals surface area contributed by atoms with E-state index in [1.807, 2.05) is 18.2 Å². The summed E-state index contributed by atoms with van der Waals surface area (Å²) in [7, 11) is 1.61. The van der Waals surface area contributed by atoms with Crippen molar-refractivity contribution in [3.8, 4) is 11.5 Å². The molecule has 146 valence electrons. The quantitative estimate of drug-likeness (QED) is 0.506. The van der Waals surface area contributed by atoms with Gasteiger partial charge in [0.2, 0.25) is 5.95 Å². The molecule has 0 aliphatic rings. The minimum atomic E-state index is -0.372. The normalized spacial score (nSPS) is 10.9. The highest BCUT2D eigenvalue weighted by molar-refractivity contribution is 6.37. The van der Waals surface area contributed by atoms with Crippen molar-refractivity contribution in [1.29, 1.82) is 0 Å². The Labute approximate surface area is 175 Å². The van der Waals surface area contributed by atoms with E-state index in [1.54, 1.807) is 43.7 Å². The average Bonchev–Trinajstić information content (AvgIpc) is 2.73. The molecular weight excluding hydrogens is 413 g/mol. The van der Waals surface area contributed by atoms with Crippen LogP contribution in [0.4, 0.5) is 5.95 Å². The van der Waals surface area contributed by atoms with E-state index in [9.17, 15) is 4.79 Å². The van der Waals surface area contributed by atoms with Crippen LogP contribution in [0.5, 0.6) is 11.5 Å². The van der Waals surface area contributed by atoms with Crippen LogP contribution >= 0.6 is 23.2 Å². The molecule has 1 N–H and O–H groups in total. The number of nitrogens with one attached hydrogen (secondary N) is 1. The van der Waals surface area contributed by atoms with Crippen molar-refractivity contribution in [2.24, 2.45) is 7.05 Å². The maximum atomic E-state index is 12.8. The van der Waals surface area contributed by atoms with Crippen molar-refractivity contribution < 1.29 is 4.74 Å². The fourth-order valence-corrected chi connectivity index (χ4v) is 3.21. The second-order valence-electron chi connectivity index (χ2n) is 6.17. The van der Waals surface area contributed by atoms with Gasteiger partial charge < -0.3 is 10.1 Å². The molecule has 0 fully saturated rings. The first-order valence-electron chi connectivity index (χ1n) is 8.65. The van der Waals surface area contributed by atoms with E-state index in [4.69, 9.17) is 27.9 Å². The van der Waals surface area contributed by atoms with Gasteiger partial charge in [-0.05, 0) is 30.3 Å². The second kappa shape index (κ2) is 8.06. The van der Waals surface area contributed by atoms with Crippen molar-refractivity contribution in [3.05, 3.63) is 81.0 Å². The number of nitrogens with zero attached hydrogens (tertiary/aromatic N) is 4. The number of halogens is 2. The number of aryl methyl sites for hydroxylation is 1. The van der Waals surface area contributed by atoms with Crippen molar-refractivity contribution in [1.82, 2.24) is 19.5 Å². The molecule has 0 bridgehead atoms. The summed E-state index contributed by atoms with van der Waals surface area (Å²) in [5.41, 5.74) is 0.944. The second-order valence-corrected chi connectivity index (χ2v) is 6.99. The van der Waals surface area contributed by atoms with Gasteiger partial charge >= 0.3 is 0 Å². The van der Waals surface area contributed by atoms with Crippen LogP contribution in [0.25, 0.3) is 11.0 Å². The molecule has 3 aromatic heterocycles. The molecule has 0 aliphatic carbocycles. The zero-order valence-electron chi connectivity index (χ0n) is 15.3. The number of para-hydroxylation sites is 1. The van der Waals surface area contributed by atoms with Gasteiger partial charge in [-0.2, -0.15) is 4.98 Å². The first kappa shape index (κ1) is 19.2. The van der Waals surface area contributed by atoms with E-state index < -0.39 is 0 Å². The third-order valence-corrected chi connectivity index (χ3v) is 4.80. The number of hydrogen-bond acceptors (Lipinski definition) is 6. The largest absolute Gasteiger partial charge is 0.448 e.